The molecule has 1 unspecified atom stereocenters. The predicted molar refractivity (Wildman–Crippen MR) is 67.1 cm³/mol. The largest absolute Gasteiger partial charge is 0.475 e. The topological polar surface area (TPSA) is 47.0 Å². The monoisotopic (exact) mass is 253 g/mol. The highest BCUT2D eigenvalue weighted by Crippen LogP contribution is 2.16. The molecule has 4 nitrogen and oxygen atoms in total. The first-order chi connectivity index (χ1) is 8.81. The fraction of sp³-hybridized carbons (Fsp3) is 0.692. The van der Waals surface area contributed by atoms with Crippen LogP contribution in [-0.2, 0) is 6.42 Å². The normalized spacial score (nSPS) is 19.8. The first-order valence-electron chi connectivity index (χ1n) is 6.66. The first kappa shape index (κ1) is 13.2. The highest BCUT2D eigenvalue weighted by atomic mass is 19.1. The zero-order valence-electron chi connectivity index (χ0n) is 10.8. The molecule has 0 saturated carbocycles. The minimum absolute atomic E-state index is 0.0812. The molecule has 1 saturated heterocycles. The Kier molecular flexibility index (Phi) is 4.87. The van der Waals surface area contributed by atoms with Crippen LogP contribution in [0.2, 0.25) is 0 Å². The molecule has 1 aromatic heterocycles. The van der Waals surface area contributed by atoms with Crippen molar-refractivity contribution in [3.63, 3.8) is 0 Å². The molecule has 1 fully saturated rings. The summed E-state index contributed by atoms with van der Waals surface area (Å²) in [5.74, 6) is -0.339. The molecule has 2 rings (SSSR count). The fourth-order valence-electron chi connectivity index (χ4n) is 2.20. The maximum Gasteiger partial charge on any atom is 0.253 e. The summed E-state index contributed by atoms with van der Waals surface area (Å²) in [5, 5.41) is 3.44. The molecule has 0 amide bonds. The summed E-state index contributed by atoms with van der Waals surface area (Å²) in [6, 6.07) is 0.495. The Bertz CT molecular complexity index is 380. The van der Waals surface area contributed by atoms with Crippen molar-refractivity contribution in [3.05, 3.63) is 17.8 Å². The standard InChI is InChI=1S/C13H20FN3O/c1-2-11-12(14)13(17-9-16-11)18-8-6-10-5-3-4-7-15-10/h9-10,15H,2-8H2,1H3. The van der Waals surface area contributed by atoms with E-state index in [1.54, 1.807) is 0 Å². The number of piperidine rings is 1. The van der Waals surface area contributed by atoms with Gasteiger partial charge >= 0.3 is 0 Å². The Hall–Kier alpha value is -1.23. The third kappa shape index (κ3) is 3.38. The summed E-state index contributed by atoms with van der Waals surface area (Å²) in [6.45, 7) is 3.43. The van der Waals surface area contributed by atoms with Gasteiger partial charge in [-0.05, 0) is 32.2 Å². The van der Waals surface area contributed by atoms with Crippen molar-refractivity contribution in [2.45, 2.75) is 45.1 Å². The zero-order chi connectivity index (χ0) is 12.8. The second-order valence-electron chi connectivity index (χ2n) is 4.58. The SMILES string of the molecule is CCc1ncnc(OCCC2CCCCN2)c1F. The maximum absolute atomic E-state index is 13.8. The van der Waals surface area contributed by atoms with Gasteiger partial charge in [0.25, 0.3) is 5.88 Å². The Morgan fingerprint density at radius 2 is 2.33 bits per heavy atom. The van der Waals surface area contributed by atoms with Crippen LogP contribution in [0.5, 0.6) is 5.88 Å². The number of nitrogens with zero attached hydrogens (tertiary/aromatic N) is 2. The molecule has 100 valence electrons. The van der Waals surface area contributed by atoms with Crippen LogP contribution in [-0.4, -0.2) is 29.2 Å². The quantitative estimate of drug-likeness (QED) is 0.873. The van der Waals surface area contributed by atoms with Crippen LogP contribution < -0.4 is 10.1 Å². The van der Waals surface area contributed by atoms with Crippen LogP contribution in [0.25, 0.3) is 0 Å². The number of aromatic nitrogens is 2. The Morgan fingerprint density at radius 3 is 3.06 bits per heavy atom. The second-order valence-corrected chi connectivity index (χ2v) is 4.58. The lowest BCUT2D eigenvalue weighted by atomic mass is 10.0. The molecule has 5 heteroatoms. The van der Waals surface area contributed by atoms with Gasteiger partial charge < -0.3 is 10.1 Å². The molecule has 2 heterocycles. The fourth-order valence-corrected chi connectivity index (χ4v) is 2.20. The molecule has 1 N–H and O–H groups in total. The Morgan fingerprint density at radius 1 is 1.44 bits per heavy atom. The van der Waals surface area contributed by atoms with Gasteiger partial charge in [-0.1, -0.05) is 13.3 Å². The number of aryl methyl sites for hydroxylation is 1. The van der Waals surface area contributed by atoms with Crippen LogP contribution >= 0.6 is 0 Å². The van der Waals surface area contributed by atoms with E-state index in [2.05, 4.69) is 15.3 Å². The average molecular weight is 253 g/mol. The lowest BCUT2D eigenvalue weighted by Gasteiger charge is -2.23. The molecule has 1 aliphatic heterocycles. The lowest BCUT2D eigenvalue weighted by Crippen LogP contribution is -2.35. The van der Waals surface area contributed by atoms with Gasteiger partial charge in [-0.2, -0.15) is 9.37 Å². The summed E-state index contributed by atoms with van der Waals surface area (Å²) in [5.41, 5.74) is 0.413. The van der Waals surface area contributed by atoms with Crippen molar-refractivity contribution in [3.8, 4) is 5.88 Å². The lowest BCUT2D eigenvalue weighted by molar-refractivity contribution is 0.249. The van der Waals surface area contributed by atoms with Crippen molar-refractivity contribution in [1.82, 2.24) is 15.3 Å². The molecule has 1 aromatic rings. The Labute approximate surface area is 107 Å². The number of hydrogen-bond acceptors (Lipinski definition) is 4. The van der Waals surface area contributed by atoms with E-state index in [1.807, 2.05) is 6.92 Å². The highest BCUT2D eigenvalue weighted by molar-refractivity contribution is 5.17. The maximum atomic E-state index is 13.8. The number of ether oxygens (including phenoxy) is 1. The van der Waals surface area contributed by atoms with Gasteiger partial charge in [0.05, 0.1) is 12.3 Å². The summed E-state index contributed by atoms with van der Waals surface area (Å²) >= 11 is 0. The summed E-state index contributed by atoms with van der Waals surface area (Å²) in [4.78, 5) is 7.72. The zero-order valence-corrected chi connectivity index (χ0v) is 10.8. The number of nitrogens with one attached hydrogen (secondary N) is 1. The van der Waals surface area contributed by atoms with Crippen LogP contribution in [0.1, 0.15) is 38.3 Å². The third-order valence-electron chi connectivity index (χ3n) is 3.28. The molecule has 0 radical (unpaired) electrons. The van der Waals surface area contributed by atoms with Gasteiger partial charge in [0.15, 0.2) is 0 Å². The molecule has 1 aliphatic rings. The minimum Gasteiger partial charge on any atom is -0.475 e. The summed E-state index contributed by atoms with van der Waals surface area (Å²) in [6.07, 6.45) is 6.49. The number of hydrogen-bond donors (Lipinski definition) is 1. The highest BCUT2D eigenvalue weighted by Gasteiger charge is 2.14. The van der Waals surface area contributed by atoms with E-state index < -0.39 is 5.82 Å². The molecule has 0 aromatic carbocycles. The first-order valence-corrected chi connectivity index (χ1v) is 6.66. The molecular weight excluding hydrogens is 233 g/mol. The van der Waals surface area contributed by atoms with Crippen molar-refractivity contribution in [2.24, 2.45) is 0 Å². The molecule has 18 heavy (non-hydrogen) atoms. The van der Waals surface area contributed by atoms with Gasteiger partial charge in [0.2, 0.25) is 5.82 Å². The number of halogens is 1. The van der Waals surface area contributed by atoms with E-state index in [4.69, 9.17) is 4.74 Å². The summed E-state index contributed by atoms with van der Waals surface area (Å²) in [7, 11) is 0. The molecular formula is C13H20FN3O. The van der Waals surface area contributed by atoms with E-state index in [1.165, 1.54) is 25.6 Å². The van der Waals surface area contributed by atoms with E-state index in [9.17, 15) is 4.39 Å². The van der Waals surface area contributed by atoms with Crippen molar-refractivity contribution in [1.29, 1.82) is 0 Å². The van der Waals surface area contributed by atoms with E-state index in [-0.39, 0.29) is 5.88 Å². The van der Waals surface area contributed by atoms with Crippen molar-refractivity contribution in [2.75, 3.05) is 13.2 Å². The van der Waals surface area contributed by atoms with Crippen molar-refractivity contribution < 1.29 is 9.13 Å². The third-order valence-corrected chi connectivity index (χ3v) is 3.28. The molecule has 0 aliphatic carbocycles. The van der Waals surface area contributed by atoms with Gasteiger partial charge in [-0.25, -0.2) is 4.98 Å². The smallest absolute Gasteiger partial charge is 0.253 e. The van der Waals surface area contributed by atoms with E-state index in [0.717, 1.165) is 13.0 Å². The van der Waals surface area contributed by atoms with Crippen LogP contribution in [0.3, 0.4) is 0 Å². The van der Waals surface area contributed by atoms with Crippen LogP contribution in [0, 0.1) is 5.82 Å². The van der Waals surface area contributed by atoms with Gasteiger partial charge in [0.1, 0.15) is 6.33 Å². The average Bonchev–Trinajstić information content (AvgIpc) is 2.42. The second kappa shape index (κ2) is 6.64. The Balaban J connectivity index is 1.82. The van der Waals surface area contributed by atoms with Gasteiger partial charge in [-0.15, -0.1) is 0 Å². The molecule has 0 spiro atoms. The molecule has 0 bridgehead atoms. The minimum atomic E-state index is -0.420. The van der Waals surface area contributed by atoms with E-state index >= 15 is 0 Å². The van der Waals surface area contributed by atoms with E-state index in [0.29, 0.717) is 24.8 Å². The van der Waals surface area contributed by atoms with Crippen LogP contribution in [0.15, 0.2) is 6.33 Å². The van der Waals surface area contributed by atoms with Crippen LogP contribution in [0.4, 0.5) is 4.39 Å². The van der Waals surface area contributed by atoms with Gasteiger partial charge in [-0.3, -0.25) is 0 Å². The predicted octanol–water partition coefficient (Wildman–Crippen LogP) is 2.09. The molecule has 1 atom stereocenters. The van der Waals surface area contributed by atoms with Crippen molar-refractivity contribution >= 4 is 0 Å². The number of rotatable bonds is 5. The van der Waals surface area contributed by atoms with Gasteiger partial charge in [0, 0.05) is 6.04 Å². The summed E-state index contributed by atoms with van der Waals surface area (Å²) < 4.78 is 19.2.